The van der Waals surface area contributed by atoms with Crippen LogP contribution in [-0.4, -0.2) is 50.0 Å². The summed E-state index contributed by atoms with van der Waals surface area (Å²) in [5.74, 6) is 2.75. The molecule has 2 aliphatic heterocycles. The molecule has 1 saturated heterocycles. The largest absolute Gasteiger partial charge is 0.454 e. The van der Waals surface area contributed by atoms with Crippen molar-refractivity contribution in [1.29, 1.82) is 0 Å². The van der Waals surface area contributed by atoms with Gasteiger partial charge in [-0.1, -0.05) is 49.6 Å². The molecule has 4 heterocycles. The number of nitrogens with one attached hydrogen (secondary N) is 1. The number of ether oxygens (including phenoxy) is 2. The van der Waals surface area contributed by atoms with Crippen LogP contribution in [0.25, 0.3) is 10.9 Å². The molecule has 1 atom stereocenters. The van der Waals surface area contributed by atoms with Crippen LogP contribution in [0.3, 0.4) is 0 Å². The molecule has 1 saturated carbocycles. The zero-order valence-corrected chi connectivity index (χ0v) is 22.1. The van der Waals surface area contributed by atoms with Crippen LogP contribution >= 0.6 is 0 Å². The highest BCUT2D eigenvalue weighted by Crippen LogP contribution is 2.38. The third-order valence-corrected chi connectivity index (χ3v) is 8.73. The quantitative estimate of drug-likeness (QED) is 0.386. The van der Waals surface area contributed by atoms with Crippen molar-refractivity contribution in [2.45, 2.75) is 63.5 Å². The third-order valence-electron chi connectivity index (χ3n) is 8.73. The Labute approximate surface area is 227 Å². The lowest BCUT2D eigenvalue weighted by atomic mass is 9.88. The van der Waals surface area contributed by atoms with Crippen LogP contribution < -0.4 is 15.0 Å². The summed E-state index contributed by atoms with van der Waals surface area (Å²) in [5.41, 5.74) is 2.68. The molecule has 7 rings (SSSR count). The van der Waals surface area contributed by atoms with Crippen LogP contribution in [0, 0.1) is 5.92 Å². The average molecular weight is 527 g/mol. The minimum absolute atomic E-state index is 0.115. The predicted octanol–water partition coefficient (Wildman–Crippen LogP) is 4.79. The number of aromatic nitrogens is 5. The number of fused-ring (bicyclic) bond motifs is 2. The number of rotatable bonds is 6. The summed E-state index contributed by atoms with van der Waals surface area (Å²) in [6, 6.07) is 16.5. The molecule has 3 aliphatic rings. The number of nitrogens with zero attached hydrogens (tertiary/aromatic N) is 5. The van der Waals surface area contributed by atoms with Crippen molar-refractivity contribution >= 4 is 10.9 Å². The van der Waals surface area contributed by atoms with Crippen LogP contribution in [0.4, 0.5) is 0 Å². The van der Waals surface area contributed by atoms with E-state index in [9.17, 15) is 4.79 Å². The summed E-state index contributed by atoms with van der Waals surface area (Å²) in [6.07, 6.45) is 8.99. The van der Waals surface area contributed by atoms with Gasteiger partial charge in [-0.2, -0.15) is 0 Å². The molecule has 0 unspecified atom stereocenters. The van der Waals surface area contributed by atoms with E-state index < -0.39 is 0 Å². The normalized spacial score (nSPS) is 19.5. The summed E-state index contributed by atoms with van der Waals surface area (Å²) >= 11 is 0. The summed E-state index contributed by atoms with van der Waals surface area (Å²) in [5, 5.41) is 14.1. The fourth-order valence-electron chi connectivity index (χ4n) is 6.64. The molecule has 9 nitrogen and oxygen atoms in total. The van der Waals surface area contributed by atoms with Crippen LogP contribution in [0.15, 0.2) is 53.3 Å². The molecule has 2 aromatic heterocycles. The molecule has 4 aromatic rings. The minimum Gasteiger partial charge on any atom is -0.454 e. The zero-order chi connectivity index (χ0) is 26.2. The number of tetrazole rings is 1. The van der Waals surface area contributed by atoms with Crippen molar-refractivity contribution in [2.24, 2.45) is 5.92 Å². The fraction of sp³-hybridized carbons (Fsp3) is 0.467. The molecule has 1 N–H and O–H groups in total. The number of aromatic amines is 1. The maximum atomic E-state index is 13.7. The predicted molar refractivity (Wildman–Crippen MR) is 147 cm³/mol. The van der Waals surface area contributed by atoms with Gasteiger partial charge in [-0.05, 0) is 79.2 Å². The summed E-state index contributed by atoms with van der Waals surface area (Å²) in [7, 11) is 0. The standard InChI is InChI=1S/C30H34N6O3/c37-30-24(16-22-17-26-27(39-19-38-26)18-25(22)31-30)28(29-32-33-34-36(29)23-9-5-2-6-10-23)35-13-11-21(12-14-35)15-20-7-3-1-4-8-20/h1,3-4,7-8,16-18,21,23,28H,2,5-6,9-15,19H2,(H,31,37)/t28-/m0/s1. The first-order valence-electron chi connectivity index (χ1n) is 14.3. The number of piperidine rings is 1. The molecule has 0 bridgehead atoms. The van der Waals surface area contributed by atoms with Gasteiger partial charge in [-0.15, -0.1) is 5.10 Å². The van der Waals surface area contributed by atoms with Gasteiger partial charge < -0.3 is 14.5 Å². The fourth-order valence-corrected chi connectivity index (χ4v) is 6.64. The summed E-state index contributed by atoms with van der Waals surface area (Å²) in [4.78, 5) is 19.2. The van der Waals surface area contributed by atoms with E-state index in [0.717, 1.165) is 61.9 Å². The van der Waals surface area contributed by atoms with Crippen molar-refractivity contribution in [3.63, 3.8) is 0 Å². The number of hydrogen-bond donors (Lipinski definition) is 1. The van der Waals surface area contributed by atoms with Gasteiger partial charge in [0.05, 0.1) is 11.6 Å². The lowest BCUT2D eigenvalue weighted by Crippen LogP contribution is -2.41. The van der Waals surface area contributed by atoms with Gasteiger partial charge in [-0.25, -0.2) is 4.68 Å². The topological polar surface area (TPSA) is 98.2 Å². The lowest BCUT2D eigenvalue weighted by Gasteiger charge is -2.37. The van der Waals surface area contributed by atoms with Gasteiger partial charge in [-0.3, -0.25) is 9.69 Å². The van der Waals surface area contributed by atoms with E-state index in [2.05, 4.69) is 55.7 Å². The molecule has 9 heteroatoms. The Morgan fingerprint density at radius 1 is 0.949 bits per heavy atom. The second-order valence-corrected chi connectivity index (χ2v) is 11.2. The SMILES string of the molecule is O=c1[nH]c2cc3c(cc2cc1[C@@H](c1nnnn1C1CCCCC1)N1CCC(Cc2ccccc2)CC1)OCO3. The minimum atomic E-state index is -0.321. The Morgan fingerprint density at radius 2 is 1.72 bits per heavy atom. The van der Waals surface area contributed by atoms with Gasteiger partial charge in [0.2, 0.25) is 6.79 Å². The van der Waals surface area contributed by atoms with E-state index in [1.54, 1.807) is 0 Å². The van der Waals surface area contributed by atoms with Gasteiger partial charge in [0, 0.05) is 17.0 Å². The number of pyridine rings is 1. The van der Waals surface area contributed by atoms with E-state index in [-0.39, 0.29) is 24.4 Å². The molecular weight excluding hydrogens is 492 g/mol. The van der Waals surface area contributed by atoms with E-state index in [4.69, 9.17) is 9.47 Å². The second kappa shape index (κ2) is 10.4. The highest BCUT2D eigenvalue weighted by atomic mass is 16.7. The zero-order valence-electron chi connectivity index (χ0n) is 22.1. The summed E-state index contributed by atoms with van der Waals surface area (Å²) in [6.45, 7) is 1.97. The van der Waals surface area contributed by atoms with Gasteiger partial charge in [0.1, 0.15) is 6.04 Å². The van der Waals surface area contributed by atoms with E-state index in [1.807, 2.05) is 22.9 Å². The molecule has 39 heavy (non-hydrogen) atoms. The summed E-state index contributed by atoms with van der Waals surface area (Å²) < 4.78 is 13.2. The second-order valence-electron chi connectivity index (χ2n) is 11.2. The van der Waals surface area contributed by atoms with Crippen LogP contribution in [0.1, 0.15) is 74.0 Å². The van der Waals surface area contributed by atoms with Crippen LogP contribution in [0.5, 0.6) is 11.5 Å². The Kier molecular flexibility index (Phi) is 6.52. The van der Waals surface area contributed by atoms with Crippen molar-refractivity contribution in [3.05, 3.63) is 75.8 Å². The van der Waals surface area contributed by atoms with Crippen LogP contribution in [-0.2, 0) is 6.42 Å². The maximum Gasteiger partial charge on any atom is 0.253 e. The Bertz CT molecular complexity index is 1500. The molecular formula is C30H34N6O3. The molecule has 2 fully saturated rings. The van der Waals surface area contributed by atoms with Gasteiger partial charge >= 0.3 is 0 Å². The lowest BCUT2D eigenvalue weighted by molar-refractivity contribution is 0.140. The highest BCUT2D eigenvalue weighted by molar-refractivity contribution is 5.83. The van der Waals surface area contributed by atoms with Crippen molar-refractivity contribution < 1.29 is 9.47 Å². The van der Waals surface area contributed by atoms with E-state index in [1.165, 1.54) is 24.8 Å². The van der Waals surface area contributed by atoms with E-state index >= 15 is 0 Å². The first kappa shape index (κ1) is 24.3. The van der Waals surface area contributed by atoms with Crippen molar-refractivity contribution in [3.8, 4) is 11.5 Å². The Hall–Kier alpha value is -3.72. The number of hydrogen-bond acceptors (Lipinski definition) is 7. The number of H-pyrrole nitrogens is 1. The molecule has 202 valence electrons. The smallest absolute Gasteiger partial charge is 0.253 e. The molecule has 0 amide bonds. The van der Waals surface area contributed by atoms with E-state index in [0.29, 0.717) is 23.0 Å². The molecule has 1 aliphatic carbocycles. The number of benzene rings is 2. The third kappa shape index (κ3) is 4.80. The number of likely N-dealkylation sites (tertiary alicyclic amines) is 1. The monoisotopic (exact) mass is 526 g/mol. The Balaban J connectivity index is 1.24. The molecule has 0 radical (unpaired) electrons. The van der Waals surface area contributed by atoms with Crippen LogP contribution in [0.2, 0.25) is 0 Å². The Morgan fingerprint density at radius 3 is 2.51 bits per heavy atom. The highest BCUT2D eigenvalue weighted by Gasteiger charge is 2.35. The van der Waals surface area contributed by atoms with Crippen molar-refractivity contribution in [1.82, 2.24) is 30.1 Å². The van der Waals surface area contributed by atoms with Crippen molar-refractivity contribution in [2.75, 3.05) is 19.9 Å². The first-order valence-corrected chi connectivity index (χ1v) is 14.3. The molecule has 2 aromatic carbocycles. The maximum absolute atomic E-state index is 13.7. The van der Waals surface area contributed by atoms with Gasteiger partial charge in [0.15, 0.2) is 17.3 Å². The molecule has 0 spiro atoms. The average Bonchev–Trinajstić information content (AvgIpc) is 3.64. The van der Waals surface area contributed by atoms with Gasteiger partial charge in [0.25, 0.3) is 5.56 Å². The first-order chi connectivity index (χ1) is 19.2.